The number of imidazole rings is 1. The fraction of sp³-hybridized carbons (Fsp3) is 0.391. The van der Waals surface area contributed by atoms with Crippen molar-refractivity contribution in [1.29, 1.82) is 0 Å². The molecule has 1 aromatic heterocycles. The third-order valence-corrected chi connectivity index (χ3v) is 7.92. The lowest BCUT2D eigenvalue weighted by Gasteiger charge is -2.31. The quantitative estimate of drug-likeness (QED) is 0.490. The van der Waals surface area contributed by atoms with E-state index in [1.165, 1.54) is 6.07 Å². The number of carbonyl (C=O) groups is 1. The molecule has 1 saturated heterocycles. The molecular formula is C23H25F3N4O3S. The van der Waals surface area contributed by atoms with Crippen molar-refractivity contribution in [2.75, 3.05) is 19.6 Å². The van der Waals surface area contributed by atoms with Gasteiger partial charge in [-0.15, -0.1) is 0 Å². The van der Waals surface area contributed by atoms with Gasteiger partial charge in [0.2, 0.25) is 15.9 Å². The third kappa shape index (κ3) is 5.25. The van der Waals surface area contributed by atoms with Crippen molar-refractivity contribution in [3.63, 3.8) is 0 Å². The number of fused-ring (bicyclic) bond motifs is 1. The van der Waals surface area contributed by atoms with Gasteiger partial charge < -0.3 is 10.3 Å². The van der Waals surface area contributed by atoms with Crippen LogP contribution in [0.5, 0.6) is 0 Å². The number of hydrogen-bond acceptors (Lipinski definition) is 4. The van der Waals surface area contributed by atoms with Gasteiger partial charge >= 0.3 is 6.18 Å². The second kappa shape index (κ2) is 9.75. The highest BCUT2D eigenvalue weighted by molar-refractivity contribution is 7.89. The summed E-state index contributed by atoms with van der Waals surface area (Å²) in [5, 5.41) is 2.87. The maximum atomic E-state index is 13.3. The van der Waals surface area contributed by atoms with E-state index in [4.69, 9.17) is 0 Å². The molecule has 0 aliphatic carbocycles. The van der Waals surface area contributed by atoms with Gasteiger partial charge in [0.1, 0.15) is 5.82 Å². The summed E-state index contributed by atoms with van der Waals surface area (Å²) in [4.78, 5) is 19.5. The smallest absolute Gasteiger partial charge is 0.356 e. The minimum atomic E-state index is -4.77. The van der Waals surface area contributed by atoms with E-state index in [0.717, 1.165) is 39.4 Å². The summed E-state index contributed by atoms with van der Waals surface area (Å²) in [6.45, 7) is 0.435. The van der Waals surface area contributed by atoms with Gasteiger partial charge in [0.05, 0.1) is 21.5 Å². The monoisotopic (exact) mass is 494 g/mol. The molecule has 4 rings (SSSR count). The summed E-state index contributed by atoms with van der Waals surface area (Å²) < 4.78 is 66.6. The van der Waals surface area contributed by atoms with Gasteiger partial charge in [-0.3, -0.25) is 4.79 Å². The number of aromatic amines is 1. The molecule has 182 valence electrons. The molecule has 2 heterocycles. The minimum absolute atomic E-state index is 0.00834. The van der Waals surface area contributed by atoms with Gasteiger partial charge in [0.15, 0.2) is 0 Å². The molecule has 3 aromatic rings. The van der Waals surface area contributed by atoms with Crippen LogP contribution in [0.25, 0.3) is 11.0 Å². The first-order valence-electron chi connectivity index (χ1n) is 11.0. The maximum absolute atomic E-state index is 13.3. The molecule has 2 N–H and O–H groups in total. The molecule has 34 heavy (non-hydrogen) atoms. The number of benzene rings is 2. The van der Waals surface area contributed by atoms with Gasteiger partial charge in [0.25, 0.3) is 0 Å². The average molecular weight is 495 g/mol. The van der Waals surface area contributed by atoms with Gasteiger partial charge in [-0.2, -0.15) is 17.5 Å². The molecule has 1 amide bonds. The SMILES string of the molecule is O=C(NCCCc1nc2ccccc2[nH]1)C1CCN(S(=O)(=O)c2ccccc2C(F)(F)F)CC1. The standard InChI is InChI=1S/C23H25F3N4O3S/c24-23(25,26)17-6-1-4-9-20(17)34(32,33)30-14-11-16(12-15-30)22(31)27-13-5-10-21-28-18-7-2-3-8-19(18)29-21/h1-4,6-9,16H,5,10-15H2,(H,27,31)(H,28,29). The number of alkyl halides is 3. The lowest BCUT2D eigenvalue weighted by atomic mass is 9.97. The van der Waals surface area contributed by atoms with Crippen molar-refractivity contribution >= 4 is 27.0 Å². The van der Waals surface area contributed by atoms with Crippen LogP contribution in [0.4, 0.5) is 13.2 Å². The number of H-pyrrole nitrogens is 1. The summed E-state index contributed by atoms with van der Waals surface area (Å²) in [7, 11) is -4.32. The number of hydrogen-bond donors (Lipinski definition) is 2. The highest BCUT2D eigenvalue weighted by Gasteiger charge is 2.40. The number of piperidine rings is 1. The highest BCUT2D eigenvalue weighted by atomic mass is 32.2. The summed E-state index contributed by atoms with van der Waals surface area (Å²) in [5.74, 6) is 0.293. The second-order valence-corrected chi connectivity index (χ2v) is 10.2. The molecule has 7 nitrogen and oxygen atoms in total. The maximum Gasteiger partial charge on any atom is 0.417 e. The summed E-state index contributed by atoms with van der Waals surface area (Å²) in [5.41, 5.74) is 0.668. The average Bonchev–Trinajstić information content (AvgIpc) is 3.24. The lowest BCUT2D eigenvalue weighted by molar-refractivity contribution is -0.139. The molecule has 1 fully saturated rings. The Hall–Kier alpha value is -2.92. The largest absolute Gasteiger partial charge is 0.417 e. The number of aryl methyl sites for hydroxylation is 1. The van der Waals surface area contributed by atoms with E-state index < -0.39 is 26.7 Å². The number of para-hydroxylation sites is 2. The van der Waals surface area contributed by atoms with E-state index in [2.05, 4.69) is 15.3 Å². The fourth-order valence-electron chi connectivity index (χ4n) is 4.16. The van der Waals surface area contributed by atoms with E-state index in [1.807, 2.05) is 24.3 Å². The van der Waals surface area contributed by atoms with Crippen LogP contribution < -0.4 is 5.32 Å². The molecule has 1 aliphatic rings. The van der Waals surface area contributed by atoms with Crippen LogP contribution in [0.15, 0.2) is 53.4 Å². The summed E-state index contributed by atoms with van der Waals surface area (Å²) in [6.07, 6.45) is -2.91. The zero-order valence-corrected chi connectivity index (χ0v) is 19.1. The van der Waals surface area contributed by atoms with Crippen molar-refractivity contribution in [3.8, 4) is 0 Å². The predicted molar refractivity (Wildman–Crippen MR) is 120 cm³/mol. The van der Waals surface area contributed by atoms with E-state index in [1.54, 1.807) is 0 Å². The number of sulfonamides is 1. The second-order valence-electron chi connectivity index (χ2n) is 8.27. The molecule has 1 aliphatic heterocycles. The zero-order chi connectivity index (χ0) is 24.3. The van der Waals surface area contributed by atoms with Crippen LogP contribution in [0.3, 0.4) is 0 Å². The van der Waals surface area contributed by atoms with Crippen molar-refractivity contribution in [2.24, 2.45) is 5.92 Å². The molecule has 0 radical (unpaired) electrons. The van der Waals surface area contributed by atoms with Crippen LogP contribution >= 0.6 is 0 Å². The Morgan fingerprint density at radius 2 is 1.76 bits per heavy atom. The Labute approximate surface area is 195 Å². The summed E-state index contributed by atoms with van der Waals surface area (Å²) >= 11 is 0. The van der Waals surface area contributed by atoms with E-state index in [-0.39, 0.29) is 37.8 Å². The Bertz CT molecular complexity index is 1230. The van der Waals surface area contributed by atoms with Gasteiger partial charge in [-0.1, -0.05) is 24.3 Å². The molecule has 0 saturated carbocycles. The fourth-order valence-corrected chi connectivity index (χ4v) is 5.84. The highest BCUT2D eigenvalue weighted by Crippen LogP contribution is 2.36. The van der Waals surface area contributed by atoms with Crippen molar-refractivity contribution in [2.45, 2.75) is 36.8 Å². The number of nitrogens with one attached hydrogen (secondary N) is 2. The van der Waals surface area contributed by atoms with Crippen LogP contribution in [0.1, 0.15) is 30.7 Å². The summed E-state index contributed by atoms with van der Waals surface area (Å²) in [6, 6.07) is 11.9. The number of rotatable bonds is 7. The Morgan fingerprint density at radius 1 is 1.09 bits per heavy atom. The van der Waals surface area contributed by atoms with Gasteiger partial charge in [-0.25, -0.2) is 13.4 Å². The Balaban J connectivity index is 1.27. The van der Waals surface area contributed by atoms with E-state index in [0.29, 0.717) is 19.4 Å². The zero-order valence-electron chi connectivity index (χ0n) is 18.3. The van der Waals surface area contributed by atoms with E-state index in [9.17, 15) is 26.4 Å². The van der Waals surface area contributed by atoms with Crippen molar-refractivity contribution in [3.05, 3.63) is 59.9 Å². The van der Waals surface area contributed by atoms with Crippen LogP contribution in [0.2, 0.25) is 0 Å². The Kier molecular flexibility index (Phi) is 6.94. The van der Waals surface area contributed by atoms with Crippen LogP contribution in [-0.4, -0.2) is 48.2 Å². The normalized spacial score (nSPS) is 16.1. The number of aromatic nitrogens is 2. The van der Waals surface area contributed by atoms with Gasteiger partial charge in [-0.05, 0) is 43.5 Å². The van der Waals surface area contributed by atoms with Crippen LogP contribution in [0, 0.1) is 5.92 Å². The van der Waals surface area contributed by atoms with Crippen molar-refractivity contribution < 1.29 is 26.4 Å². The van der Waals surface area contributed by atoms with Gasteiger partial charge in [0, 0.05) is 32.0 Å². The first kappa shape index (κ1) is 24.2. The molecular weight excluding hydrogens is 469 g/mol. The topological polar surface area (TPSA) is 95.2 Å². The number of nitrogens with zero attached hydrogens (tertiary/aromatic N) is 2. The Morgan fingerprint density at radius 3 is 2.47 bits per heavy atom. The third-order valence-electron chi connectivity index (χ3n) is 5.96. The minimum Gasteiger partial charge on any atom is -0.356 e. The van der Waals surface area contributed by atoms with Crippen molar-refractivity contribution in [1.82, 2.24) is 19.6 Å². The first-order valence-corrected chi connectivity index (χ1v) is 12.5. The molecule has 0 unspecified atom stereocenters. The van der Waals surface area contributed by atoms with E-state index >= 15 is 0 Å². The van der Waals surface area contributed by atoms with Crippen LogP contribution in [-0.2, 0) is 27.4 Å². The lowest BCUT2D eigenvalue weighted by Crippen LogP contribution is -2.43. The number of amides is 1. The number of halogens is 3. The molecule has 0 atom stereocenters. The number of carbonyl (C=O) groups excluding carboxylic acids is 1. The molecule has 11 heteroatoms. The molecule has 0 bridgehead atoms. The molecule has 0 spiro atoms. The molecule has 2 aromatic carbocycles. The predicted octanol–water partition coefficient (Wildman–Crippen LogP) is 3.73. The first-order chi connectivity index (χ1) is 16.2.